The summed E-state index contributed by atoms with van der Waals surface area (Å²) in [5, 5.41) is 7.81. The van der Waals surface area contributed by atoms with Gasteiger partial charge < -0.3 is 0 Å². The molecule has 0 aliphatic carbocycles. The summed E-state index contributed by atoms with van der Waals surface area (Å²) in [6, 6.07) is 46.8. The Morgan fingerprint density at radius 2 is 1.19 bits per heavy atom. The molecular formula is C42H24N6. The molecule has 5 aromatic heterocycles. The normalized spacial score (nSPS) is 12.2. The predicted octanol–water partition coefficient (Wildman–Crippen LogP) is 10.0. The van der Waals surface area contributed by atoms with E-state index in [4.69, 9.17) is 15.0 Å². The Morgan fingerprint density at radius 3 is 2.08 bits per heavy atom. The van der Waals surface area contributed by atoms with E-state index >= 15 is 0 Å². The third kappa shape index (κ3) is 3.40. The molecule has 0 amide bonds. The van der Waals surface area contributed by atoms with Gasteiger partial charge in [0.25, 0.3) is 0 Å². The maximum atomic E-state index is 5.38. The summed E-state index contributed by atoms with van der Waals surface area (Å²) in [5.41, 5.74) is 10.0. The van der Waals surface area contributed by atoms with Crippen LogP contribution in [-0.2, 0) is 0 Å². The lowest BCUT2D eigenvalue weighted by molar-refractivity contribution is 0.982. The number of nitrogens with zero attached hydrogens (tertiary/aromatic N) is 6. The molecule has 0 saturated carbocycles. The summed E-state index contributed by atoms with van der Waals surface area (Å²) in [7, 11) is 0. The van der Waals surface area contributed by atoms with Gasteiger partial charge in [-0.05, 0) is 59.5 Å². The molecule has 0 N–H and O–H groups in total. The zero-order valence-corrected chi connectivity index (χ0v) is 25.5. The molecule has 0 aliphatic heterocycles. The summed E-state index contributed by atoms with van der Waals surface area (Å²) in [6.45, 7) is 0. The average molecular weight is 613 g/mol. The van der Waals surface area contributed by atoms with E-state index in [0.717, 1.165) is 99.0 Å². The van der Waals surface area contributed by atoms with Gasteiger partial charge in [-0.3, -0.25) is 18.9 Å². The topological polar surface area (TPSA) is 60.9 Å². The molecule has 0 bridgehead atoms. The monoisotopic (exact) mass is 612 g/mol. The van der Waals surface area contributed by atoms with Gasteiger partial charge >= 0.3 is 0 Å². The van der Waals surface area contributed by atoms with Crippen molar-refractivity contribution in [1.82, 2.24) is 28.9 Å². The number of imidazole rings is 1. The van der Waals surface area contributed by atoms with Crippen molar-refractivity contribution in [2.24, 2.45) is 0 Å². The SMILES string of the molecule is c1cnc2c(c1)ccc1cc(-c3cc4c5ccccc5n(-c5nc6ccccc6c6nc7ccccc7n56)c4c4ccccc34)cnc12. The van der Waals surface area contributed by atoms with Gasteiger partial charge in [-0.1, -0.05) is 84.9 Å². The first-order valence-corrected chi connectivity index (χ1v) is 16.1. The highest BCUT2D eigenvalue weighted by Crippen LogP contribution is 2.42. The second kappa shape index (κ2) is 9.44. The first-order valence-electron chi connectivity index (χ1n) is 16.1. The van der Waals surface area contributed by atoms with E-state index in [9.17, 15) is 0 Å². The Kier molecular flexibility index (Phi) is 5.02. The first kappa shape index (κ1) is 25.5. The molecule has 0 unspecified atom stereocenters. The Hall–Kier alpha value is -6.66. The highest BCUT2D eigenvalue weighted by molar-refractivity contribution is 6.22. The van der Waals surface area contributed by atoms with E-state index in [1.54, 1.807) is 0 Å². The Labute approximate surface area is 273 Å². The molecule has 0 radical (unpaired) electrons. The van der Waals surface area contributed by atoms with Crippen LogP contribution in [0, 0.1) is 0 Å². The first-order chi connectivity index (χ1) is 23.8. The largest absolute Gasteiger partial charge is 0.278 e. The van der Waals surface area contributed by atoms with Crippen molar-refractivity contribution in [2.45, 2.75) is 0 Å². The average Bonchev–Trinajstić information content (AvgIpc) is 3.71. The van der Waals surface area contributed by atoms with Gasteiger partial charge in [0.1, 0.15) is 5.65 Å². The summed E-state index contributed by atoms with van der Waals surface area (Å²) in [4.78, 5) is 20.1. The fraction of sp³-hybridized carbons (Fsp3) is 0. The summed E-state index contributed by atoms with van der Waals surface area (Å²) in [6.07, 6.45) is 3.83. The molecule has 6 heteroatoms. The maximum Gasteiger partial charge on any atom is 0.221 e. The molecule has 11 aromatic rings. The van der Waals surface area contributed by atoms with Crippen molar-refractivity contribution >= 4 is 82.0 Å². The zero-order valence-electron chi connectivity index (χ0n) is 25.5. The van der Waals surface area contributed by atoms with Crippen LogP contribution in [0.2, 0.25) is 0 Å². The molecular weight excluding hydrogens is 589 g/mol. The minimum absolute atomic E-state index is 0.813. The van der Waals surface area contributed by atoms with E-state index in [-0.39, 0.29) is 0 Å². The van der Waals surface area contributed by atoms with E-state index in [1.165, 1.54) is 0 Å². The summed E-state index contributed by atoms with van der Waals surface area (Å²) < 4.78 is 4.55. The molecule has 6 aromatic carbocycles. The van der Waals surface area contributed by atoms with Gasteiger partial charge in [0.15, 0.2) is 0 Å². The van der Waals surface area contributed by atoms with E-state index in [2.05, 4.69) is 129 Å². The van der Waals surface area contributed by atoms with Crippen molar-refractivity contribution in [1.29, 1.82) is 0 Å². The number of benzene rings is 6. The molecule has 48 heavy (non-hydrogen) atoms. The molecule has 0 aliphatic rings. The molecule has 0 atom stereocenters. The molecule has 222 valence electrons. The molecule has 5 heterocycles. The van der Waals surface area contributed by atoms with Crippen LogP contribution in [0.3, 0.4) is 0 Å². The van der Waals surface area contributed by atoms with Crippen LogP contribution in [-0.4, -0.2) is 28.9 Å². The molecule has 0 saturated heterocycles. The van der Waals surface area contributed by atoms with Crippen molar-refractivity contribution in [3.8, 4) is 17.1 Å². The second-order valence-electron chi connectivity index (χ2n) is 12.3. The Balaban J connectivity index is 1.28. The van der Waals surface area contributed by atoms with Crippen LogP contribution in [0.4, 0.5) is 0 Å². The summed E-state index contributed by atoms with van der Waals surface area (Å²) >= 11 is 0. The molecule has 6 nitrogen and oxygen atoms in total. The highest BCUT2D eigenvalue weighted by Gasteiger charge is 2.22. The number of para-hydroxylation sites is 4. The number of pyridine rings is 2. The van der Waals surface area contributed by atoms with Gasteiger partial charge in [0.2, 0.25) is 5.95 Å². The quantitative estimate of drug-likeness (QED) is 0.182. The smallest absolute Gasteiger partial charge is 0.221 e. The fourth-order valence-corrected chi connectivity index (χ4v) is 7.63. The van der Waals surface area contributed by atoms with Gasteiger partial charge in [-0.15, -0.1) is 0 Å². The van der Waals surface area contributed by atoms with Crippen LogP contribution in [0.5, 0.6) is 0 Å². The fourth-order valence-electron chi connectivity index (χ4n) is 7.63. The third-order valence-electron chi connectivity index (χ3n) is 9.73. The molecule has 11 rings (SSSR count). The second-order valence-corrected chi connectivity index (χ2v) is 12.3. The highest BCUT2D eigenvalue weighted by atomic mass is 15.2. The Morgan fingerprint density at radius 1 is 0.479 bits per heavy atom. The number of hydrogen-bond donors (Lipinski definition) is 0. The van der Waals surface area contributed by atoms with E-state index in [1.807, 2.05) is 30.6 Å². The van der Waals surface area contributed by atoms with Gasteiger partial charge in [0.05, 0.1) is 38.6 Å². The lowest BCUT2D eigenvalue weighted by Crippen LogP contribution is -2.06. The number of rotatable bonds is 2. The van der Waals surface area contributed by atoms with Crippen LogP contribution in [0.15, 0.2) is 146 Å². The van der Waals surface area contributed by atoms with Crippen LogP contribution >= 0.6 is 0 Å². The Bertz CT molecular complexity index is 3130. The van der Waals surface area contributed by atoms with Crippen molar-refractivity contribution in [3.63, 3.8) is 0 Å². The van der Waals surface area contributed by atoms with Gasteiger partial charge in [-0.25, -0.2) is 9.97 Å². The lowest BCUT2D eigenvalue weighted by Gasteiger charge is -2.15. The number of hydrogen-bond acceptors (Lipinski definition) is 4. The van der Waals surface area contributed by atoms with E-state index in [0.29, 0.717) is 0 Å². The maximum absolute atomic E-state index is 5.38. The predicted molar refractivity (Wildman–Crippen MR) is 196 cm³/mol. The number of aromatic nitrogens is 6. The van der Waals surface area contributed by atoms with Crippen LogP contribution < -0.4 is 0 Å². The minimum atomic E-state index is 0.813. The van der Waals surface area contributed by atoms with E-state index < -0.39 is 0 Å². The van der Waals surface area contributed by atoms with Crippen molar-refractivity contribution in [3.05, 3.63) is 146 Å². The standard InChI is InChI=1S/C42H24N6/c1-2-13-30-28(11-1)32(27-22-26-20-19-25-10-9-21-43-38(25)39(26)44-24-27)23-33-29-12-4-7-17-36(29)47(40(30)33)42-46-34-15-5-3-14-31(34)41-45-35-16-6-8-18-37(35)48(41)42/h1-24H. The molecule has 0 spiro atoms. The summed E-state index contributed by atoms with van der Waals surface area (Å²) in [5.74, 6) is 0.813. The number of fused-ring (bicyclic) bond motifs is 13. The van der Waals surface area contributed by atoms with Crippen LogP contribution in [0.1, 0.15) is 0 Å². The van der Waals surface area contributed by atoms with Gasteiger partial charge in [0, 0.05) is 50.3 Å². The lowest BCUT2D eigenvalue weighted by atomic mass is 9.95. The minimum Gasteiger partial charge on any atom is -0.278 e. The van der Waals surface area contributed by atoms with Crippen LogP contribution in [0.25, 0.3) is 99.0 Å². The van der Waals surface area contributed by atoms with Crippen molar-refractivity contribution in [2.75, 3.05) is 0 Å². The van der Waals surface area contributed by atoms with Crippen molar-refractivity contribution < 1.29 is 0 Å². The van der Waals surface area contributed by atoms with Gasteiger partial charge in [-0.2, -0.15) is 0 Å². The zero-order chi connectivity index (χ0) is 31.3. The third-order valence-corrected chi connectivity index (χ3v) is 9.73. The molecule has 0 fully saturated rings.